The van der Waals surface area contributed by atoms with Crippen LogP contribution in [0.3, 0.4) is 0 Å². The molecule has 2 fully saturated rings. The van der Waals surface area contributed by atoms with E-state index >= 15 is 0 Å². The molecule has 21 heavy (non-hydrogen) atoms. The number of aromatic carboxylic acids is 1. The summed E-state index contributed by atoms with van der Waals surface area (Å²) >= 11 is 0. The number of hydrogen-bond acceptors (Lipinski definition) is 3. The molecule has 6 heteroatoms. The monoisotopic (exact) mass is 309 g/mol. The summed E-state index contributed by atoms with van der Waals surface area (Å²) in [5, 5.41) is 8.75. The molecule has 1 aromatic rings. The number of carboxylic acid groups (broad SMARTS) is 1. The van der Waals surface area contributed by atoms with E-state index in [4.69, 9.17) is 5.11 Å². The summed E-state index contributed by atoms with van der Waals surface area (Å²) in [5.74, 6) is -0.779. The summed E-state index contributed by atoms with van der Waals surface area (Å²) in [5.41, 5.74) is 1.28. The molecule has 0 radical (unpaired) electrons. The molecule has 1 N–H and O–H groups in total. The van der Waals surface area contributed by atoms with Crippen LogP contribution in [-0.2, 0) is 10.0 Å². The molecule has 0 aromatic heterocycles. The van der Waals surface area contributed by atoms with Crippen LogP contribution >= 0.6 is 0 Å². The molecule has 1 aromatic carbocycles. The Bertz CT molecular complexity index is 634. The van der Waals surface area contributed by atoms with E-state index in [0.29, 0.717) is 13.1 Å². The molecule has 2 aliphatic rings. The van der Waals surface area contributed by atoms with Crippen LogP contribution in [0.15, 0.2) is 24.3 Å². The Balaban J connectivity index is 1.75. The molecule has 114 valence electrons. The average molecular weight is 309 g/mol. The maximum absolute atomic E-state index is 12.3. The van der Waals surface area contributed by atoms with Crippen LogP contribution in [0.2, 0.25) is 0 Å². The normalized spacial score (nSPS) is 23.9. The van der Waals surface area contributed by atoms with Crippen molar-refractivity contribution in [1.29, 1.82) is 0 Å². The Morgan fingerprint density at radius 3 is 2.38 bits per heavy atom. The molecule has 1 saturated carbocycles. The van der Waals surface area contributed by atoms with Gasteiger partial charge < -0.3 is 5.11 Å². The first-order valence-corrected chi connectivity index (χ1v) is 8.81. The number of hydrogen-bond donors (Lipinski definition) is 1. The van der Waals surface area contributed by atoms with Gasteiger partial charge in [-0.2, -0.15) is 0 Å². The van der Waals surface area contributed by atoms with Gasteiger partial charge in [-0.15, -0.1) is 0 Å². The molecule has 1 saturated heterocycles. The van der Waals surface area contributed by atoms with Gasteiger partial charge in [-0.05, 0) is 49.3 Å². The van der Waals surface area contributed by atoms with Gasteiger partial charge in [0, 0.05) is 13.1 Å². The van der Waals surface area contributed by atoms with Gasteiger partial charge >= 0.3 is 5.97 Å². The van der Waals surface area contributed by atoms with Crippen LogP contribution in [0.1, 0.15) is 47.5 Å². The van der Waals surface area contributed by atoms with Crippen molar-refractivity contribution in [3.63, 3.8) is 0 Å². The van der Waals surface area contributed by atoms with Crippen molar-refractivity contribution in [2.45, 2.75) is 36.9 Å². The predicted molar refractivity (Wildman–Crippen MR) is 78.9 cm³/mol. The van der Waals surface area contributed by atoms with Crippen molar-refractivity contribution in [2.24, 2.45) is 0 Å². The van der Waals surface area contributed by atoms with Gasteiger partial charge in [0.1, 0.15) is 0 Å². The van der Waals surface area contributed by atoms with Crippen LogP contribution in [0, 0.1) is 0 Å². The van der Waals surface area contributed by atoms with Gasteiger partial charge in [0.15, 0.2) is 0 Å². The lowest BCUT2D eigenvalue weighted by atomic mass is 9.91. The van der Waals surface area contributed by atoms with E-state index in [1.54, 1.807) is 28.6 Å². The fourth-order valence-electron chi connectivity index (χ4n) is 2.92. The first kappa shape index (κ1) is 14.5. The lowest BCUT2D eigenvalue weighted by molar-refractivity contribution is 0.0697. The van der Waals surface area contributed by atoms with E-state index in [-0.39, 0.29) is 16.7 Å². The first-order valence-electron chi connectivity index (χ1n) is 7.30. The van der Waals surface area contributed by atoms with Crippen molar-refractivity contribution < 1.29 is 18.3 Å². The van der Waals surface area contributed by atoms with Crippen molar-refractivity contribution in [2.75, 3.05) is 13.1 Å². The lowest BCUT2D eigenvalue weighted by Crippen LogP contribution is -2.40. The summed E-state index contributed by atoms with van der Waals surface area (Å²) < 4.78 is 26.3. The fourth-order valence-corrected chi connectivity index (χ4v) is 4.84. The molecule has 5 nitrogen and oxygen atoms in total. The Kier molecular flexibility index (Phi) is 3.75. The minimum Gasteiger partial charge on any atom is -0.478 e. The number of benzene rings is 1. The zero-order chi connectivity index (χ0) is 15.0. The highest BCUT2D eigenvalue weighted by Crippen LogP contribution is 2.35. The summed E-state index contributed by atoms with van der Waals surface area (Å²) in [4.78, 5) is 10.9. The third-order valence-electron chi connectivity index (χ3n) is 4.32. The van der Waals surface area contributed by atoms with Gasteiger partial charge in [0.2, 0.25) is 10.0 Å². The highest BCUT2D eigenvalue weighted by atomic mass is 32.2. The maximum Gasteiger partial charge on any atom is 0.335 e. The van der Waals surface area contributed by atoms with Crippen LogP contribution < -0.4 is 0 Å². The Labute approximate surface area is 124 Å². The lowest BCUT2D eigenvalue weighted by Gasteiger charge is -2.32. The maximum atomic E-state index is 12.3. The van der Waals surface area contributed by atoms with Gasteiger partial charge in [0.25, 0.3) is 0 Å². The molecule has 3 rings (SSSR count). The average Bonchev–Trinajstić information content (AvgIpc) is 3.32. The van der Waals surface area contributed by atoms with Crippen molar-refractivity contribution in [1.82, 2.24) is 4.31 Å². The molecule has 0 bridgehead atoms. The van der Waals surface area contributed by atoms with E-state index in [9.17, 15) is 13.2 Å². The van der Waals surface area contributed by atoms with Crippen LogP contribution in [0.25, 0.3) is 0 Å². The number of rotatable bonds is 4. The molecule has 0 amide bonds. The van der Waals surface area contributed by atoms with Crippen molar-refractivity contribution >= 4 is 16.0 Å². The summed E-state index contributed by atoms with van der Waals surface area (Å²) in [7, 11) is -3.11. The first-order chi connectivity index (χ1) is 9.98. The molecule has 0 unspecified atom stereocenters. The smallest absolute Gasteiger partial charge is 0.335 e. The standard InChI is InChI=1S/C15H19NO4S/c17-15(18)12-5-3-11(4-6-12)13-2-1-9-16(10-13)21(19,20)14-7-8-14/h3-6,13-14H,1-2,7-10H2,(H,17,18)/t13-/m0/s1. The van der Waals surface area contributed by atoms with Crippen LogP contribution in [-0.4, -0.2) is 42.1 Å². The van der Waals surface area contributed by atoms with E-state index in [1.807, 2.05) is 0 Å². The van der Waals surface area contributed by atoms with Gasteiger partial charge in [0.05, 0.1) is 10.8 Å². The number of sulfonamides is 1. The van der Waals surface area contributed by atoms with Crippen LogP contribution in [0.4, 0.5) is 0 Å². The highest BCUT2D eigenvalue weighted by Gasteiger charge is 2.41. The number of piperidine rings is 1. The summed E-state index contributed by atoms with van der Waals surface area (Å²) in [6.45, 7) is 1.13. The summed E-state index contributed by atoms with van der Waals surface area (Å²) in [6, 6.07) is 6.79. The van der Waals surface area contributed by atoms with E-state index in [2.05, 4.69) is 0 Å². The molecule has 1 aliphatic heterocycles. The topological polar surface area (TPSA) is 74.7 Å². The van der Waals surface area contributed by atoms with Gasteiger partial charge in [-0.3, -0.25) is 0 Å². The fraction of sp³-hybridized carbons (Fsp3) is 0.533. The third-order valence-corrected chi connectivity index (χ3v) is 6.68. The van der Waals surface area contributed by atoms with E-state index in [0.717, 1.165) is 31.2 Å². The second kappa shape index (κ2) is 5.42. The van der Waals surface area contributed by atoms with Crippen molar-refractivity contribution in [3.8, 4) is 0 Å². The van der Waals surface area contributed by atoms with Crippen LogP contribution in [0.5, 0.6) is 0 Å². The van der Waals surface area contributed by atoms with E-state index < -0.39 is 16.0 Å². The predicted octanol–water partition coefficient (Wildman–Crippen LogP) is 2.06. The van der Waals surface area contributed by atoms with Gasteiger partial charge in [-0.25, -0.2) is 17.5 Å². The Morgan fingerprint density at radius 1 is 1.14 bits per heavy atom. The molecular weight excluding hydrogens is 290 g/mol. The second-order valence-electron chi connectivity index (χ2n) is 5.87. The Hall–Kier alpha value is -1.40. The third kappa shape index (κ3) is 2.96. The van der Waals surface area contributed by atoms with Crippen molar-refractivity contribution in [3.05, 3.63) is 35.4 Å². The zero-order valence-corrected chi connectivity index (χ0v) is 12.6. The molecule has 0 spiro atoms. The largest absolute Gasteiger partial charge is 0.478 e. The molecule has 1 heterocycles. The van der Waals surface area contributed by atoms with Gasteiger partial charge in [-0.1, -0.05) is 12.1 Å². The zero-order valence-electron chi connectivity index (χ0n) is 11.7. The summed E-state index contributed by atoms with van der Waals surface area (Å²) in [6.07, 6.45) is 3.38. The number of nitrogens with zero attached hydrogens (tertiary/aromatic N) is 1. The number of carboxylic acids is 1. The number of carbonyl (C=O) groups is 1. The molecule has 1 aliphatic carbocycles. The molecule has 1 atom stereocenters. The minimum absolute atomic E-state index is 0.161. The highest BCUT2D eigenvalue weighted by molar-refractivity contribution is 7.90. The molecular formula is C15H19NO4S. The SMILES string of the molecule is O=C(O)c1ccc([C@H]2CCCN(S(=O)(=O)C3CC3)C2)cc1. The van der Waals surface area contributed by atoms with E-state index in [1.165, 1.54) is 0 Å². The minimum atomic E-state index is -3.11. The quantitative estimate of drug-likeness (QED) is 0.924. The second-order valence-corrected chi connectivity index (χ2v) is 8.08. The Morgan fingerprint density at radius 2 is 1.81 bits per heavy atom.